The van der Waals surface area contributed by atoms with Crippen molar-refractivity contribution in [2.45, 2.75) is 12.2 Å². The molecule has 0 fully saturated rings. The smallest absolute Gasteiger partial charge is 0.325 e. The first-order chi connectivity index (χ1) is 7.88. The van der Waals surface area contributed by atoms with E-state index in [0.717, 1.165) is 7.11 Å². The highest BCUT2D eigenvalue weighted by Gasteiger charge is 2.29. The highest BCUT2D eigenvalue weighted by molar-refractivity contribution is 7.94. The molecule has 1 atom stereocenters. The molecule has 94 valence electrons. The fourth-order valence-electron chi connectivity index (χ4n) is 0.987. The molecular weight excluding hydrogens is 268 g/mol. The van der Waals surface area contributed by atoms with Gasteiger partial charge in [-0.3, -0.25) is 14.5 Å². The molecule has 1 rings (SSSR count). The standard InChI is InChI=1S/C9H11ClN2O4S/c1-6(9(13)16-2)17(14,15)12-8-5-11-4-3-7(8)10/h3-6,12H,1-2H3. The normalized spacial score (nSPS) is 12.9. The molecule has 0 radical (unpaired) electrons. The zero-order valence-corrected chi connectivity index (χ0v) is 10.7. The first kappa shape index (κ1) is 13.7. The van der Waals surface area contributed by atoms with Gasteiger partial charge in [-0.1, -0.05) is 11.6 Å². The Hall–Kier alpha value is -1.34. The van der Waals surface area contributed by atoms with E-state index in [0.29, 0.717) is 0 Å². The summed E-state index contributed by atoms with van der Waals surface area (Å²) in [6.45, 7) is 1.22. The van der Waals surface area contributed by atoms with Gasteiger partial charge in [0, 0.05) is 6.20 Å². The van der Waals surface area contributed by atoms with Crippen molar-refractivity contribution in [2.75, 3.05) is 11.8 Å². The van der Waals surface area contributed by atoms with Crippen molar-refractivity contribution in [3.63, 3.8) is 0 Å². The van der Waals surface area contributed by atoms with E-state index in [4.69, 9.17) is 11.6 Å². The molecule has 0 aliphatic rings. The van der Waals surface area contributed by atoms with Gasteiger partial charge in [-0.2, -0.15) is 0 Å². The summed E-state index contributed by atoms with van der Waals surface area (Å²) in [5, 5.41) is -1.13. The maximum Gasteiger partial charge on any atom is 0.325 e. The van der Waals surface area contributed by atoms with Crippen LogP contribution in [0.1, 0.15) is 6.92 Å². The first-order valence-corrected chi connectivity index (χ1v) is 6.50. The summed E-state index contributed by atoms with van der Waals surface area (Å²) in [5.74, 6) is -0.850. The van der Waals surface area contributed by atoms with Gasteiger partial charge in [0.25, 0.3) is 0 Å². The number of sulfonamides is 1. The van der Waals surface area contributed by atoms with Crippen molar-refractivity contribution >= 4 is 33.3 Å². The fraction of sp³-hybridized carbons (Fsp3) is 0.333. The summed E-state index contributed by atoms with van der Waals surface area (Å²) in [7, 11) is -2.78. The zero-order chi connectivity index (χ0) is 13.1. The van der Waals surface area contributed by atoms with Crippen LogP contribution in [-0.2, 0) is 19.6 Å². The van der Waals surface area contributed by atoms with Crippen LogP contribution in [0, 0.1) is 0 Å². The molecular formula is C9H11ClN2O4S. The number of aromatic nitrogens is 1. The Morgan fingerprint density at radius 2 is 2.24 bits per heavy atom. The molecule has 0 aliphatic carbocycles. The van der Waals surface area contributed by atoms with Gasteiger partial charge < -0.3 is 4.74 Å². The molecule has 1 unspecified atom stereocenters. The van der Waals surface area contributed by atoms with Crippen LogP contribution in [0.15, 0.2) is 18.5 Å². The molecule has 1 aromatic heterocycles. The van der Waals surface area contributed by atoms with Crippen molar-refractivity contribution in [3.05, 3.63) is 23.5 Å². The number of nitrogens with one attached hydrogen (secondary N) is 1. The number of nitrogens with zero attached hydrogens (tertiary/aromatic N) is 1. The molecule has 1 heterocycles. The summed E-state index contributed by atoms with van der Waals surface area (Å²) >= 11 is 5.77. The SMILES string of the molecule is COC(=O)C(C)S(=O)(=O)Nc1cnccc1Cl. The summed E-state index contributed by atoms with van der Waals surface area (Å²) in [5.41, 5.74) is 0.116. The Morgan fingerprint density at radius 3 is 2.76 bits per heavy atom. The van der Waals surface area contributed by atoms with E-state index in [2.05, 4.69) is 14.4 Å². The molecule has 17 heavy (non-hydrogen) atoms. The molecule has 6 nitrogen and oxygen atoms in total. The number of hydrogen-bond acceptors (Lipinski definition) is 5. The third-order valence-electron chi connectivity index (χ3n) is 2.02. The number of carbonyl (C=O) groups is 1. The van der Waals surface area contributed by atoms with Crippen molar-refractivity contribution in [2.24, 2.45) is 0 Å². The Balaban J connectivity index is 2.95. The quantitative estimate of drug-likeness (QED) is 0.832. The molecule has 0 saturated carbocycles. The number of ether oxygens (including phenoxy) is 1. The Kier molecular flexibility index (Phi) is 4.30. The number of halogens is 1. The lowest BCUT2D eigenvalue weighted by Crippen LogP contribution is -2.33. The summed E-state index contributed by atoms with van der Waals surface area (Å²) in [6.07, 6.45) is 2.67. The monoisotopic (exact) mass is 278 g/mol. The summed E-state index contributed by atoms with van der Waals surface area (Å²) < 4.78 is 30.0. The van der Waals surface area contributed by atoms with Crippen molar-refractivity contribution < 1.29 is 17.9 Å². The predicted molar refractivity (Wildman–Crippen MR) is 63.3 cm³/mol. The van der Waals surface area contributed by atoms with Crippen LogP contribution in [0.4, 0.5) is 5.69 Å². The van der Waals surface area contributed by atoms with E-state index in [1.807, 2.05) is 0 Å². The predicted octanol–water partition coefficient (Wildman–Crippen LogP) is 1.04. The van der Waals surface area contributed by atoms with Gasteiger partial charge in [0.15, 0.2) is 5.25 Å². The van der Waals surface area contributed by atoms with Crippen molar-refractivity contribution in [1.29, 1.82) is 0 Å². The lowest BCUT2D eigenvalue weighted by atomic mass is 10.4. The van der Waals surface area contributed by atoms with Crippen LogP contribution >= 0.6 is 11.6 Å². The molecule has 8 heteroatoms. The average Bonchev–Trinajstić information content (AvgIpc) is 2.30. The second kappa shape index (κ2) is 5.33. The van der Waals surface area contributed by atoms with Crippen LogP contribution < -0.4 is 4.72 Å². The van der Waals surface area contributed by atoms with Crippen molar-refractivity contribution in [1.82, 2.24) is 4.98 Å². The van der Waals surface area contributed by atoms with E-state index in [1.54, 1.807) is 0 Å². The maximum absolute atomic E-state index is 11.8. The number of methoxy groups -OCH3 is 1. The van der Waals surface area contributed by atoms with Crippen molar-refractivity contribution in [3.8, 4) is 0 Å². The first-order valence-electron chi connectivity index (χ1n) is 4.57. The number of hydrogen-bond donors (Lipinski definition) is 1. The second-order valence-corrected chi connectivity index (χ2v) is 5.58. The van der Waals surface area contributed by atoms with E-state index in [-0.39, 0.29) is 10.7 Å². The second-order valence-electron chi connectivity index (χ2n) is 3.17. The van der Waals surface area contributed by atoms with Crippen LogP contribution in [0.3, 0.4) is 0 Å². The van der Waals surface area contributed by atoms with Gasteiger partial charge in [-0.15, -0.1) is 0 Å². The lowest BCUT2D eigenvalue weighted by Gasteiger charge is -2.13. The van der Waals surface area contributed by atoms with Crippen LogP contribution in [0.25, 0.3) is 0 Å². The van der Waals surface area contributed by atoms with Gasteiger partial charge >= 0.3 is 5.97 Å². The molecule has 0 spiro atoms. The summed E-state index contributed by atoms with van der Waals surface area (Å²) in [6, 6.07) is 1.43. The molecule has 0 amide bonds. The van der Waals surface area contributed by atoms with Gasteiger partial charge in [0.2, 0.25) is 10.0 Å². The van der Waals surface area contributed by atoms with E-state index >= 15 is 0 Å². The molecule has 0 aliphatic heterocycles. The number of rotatable bonds is 4. The fourth-order valence-corrected chi connectivity index (χ4v) is 2.19. The third kappa shape index (κ3) is 3.31. The molecule has 1 aromatic rings. The van der Waals surface area contributed by atoms with Crippen LogP contribution in [0.5, 0.6) is 0 Å². The Labute approximate surface area is 104 Å². The minimum absolute atomic E-state index is 0.116. The van der Waals surface area contributed by atoms with Gasteiger partial charge in [0.1, 0.15) is 0 Å². The lowest BCUT2D eigenvalue weighted by molar-refractivity contribution is -0.139. The summed E-state index contributed by atoms with van der Waals surface area (Å²) in [4.78, 5) is 14.9. The van der Waals surface area contributed by atoms with E-state index < -0.39 is 21.2 Å². The van der Waals surface area contributed by atoms with Gasteiger partial charge in [-0.05, 0) is 13.0 Å². The maximum atomic E-state index is 11.8. The van der Waals surface area contributed by atoms with Crippen LogP contribution in [0.2, 0.25) is 5.02 Å². The minimum atomic E-state index is -3.90. The average molecular weight is 279 g/mol. The van der Waals surface area contributed by atoms with E-state index in [1.165, 1.54) is 25.4 Å². The largest absolute Gasteiger partial charge is 0.468 e. The Bertz CT molecular complexity index is 517. The van der Waals surface area contributed by atoms with E-state index in [9.17, 15) is 13.2 Å². The minimum Gasteiger partial charge on any atom is -0.468 e. The topological polar surface area (TPSA) is 85.4 Å². The van der Waals surface area contributed by atoms with Gasteiger partial charge in [-0.25, -0.2) is 8.42 Å². The molecule has 0 aromatic carbocycles. The third-order valence-corrected chi connectivity index (χ3v) is 3.98. The highest BCUT2D eigenvalue weighted by Crippen LogP contribution is 2.21. The molecule has 0 saturated heterocycles. The Morgan fingerprint density at radius 1 is 1.59 bits per heavy atom. The molecule has 0 bridgehead atoms. The highest BCUT2D eigenvalue weighted by atomic mass is 35.5. The van der Waals surface area contributed by atoms with Gasteiger partial charge in [0.05, 0.1) is 24.0 Å². The number of anilines is 1. The van der Waals surface area contributed by atoms with Crippen LogP contribution in [-0.4, -0.2) is 31.7 Å². The number of esters is 1. The number of carbonyl (C=O) groups excluding carboxylic acids is 1. The zero-order valence-electron chi connectivity index (χ0n) is 9.18. The molecule has 1 N–H and O–H groups in total. The number of pyridine rings is 1.